The van der Waals surface area contributed by atoms with Crippen LogP contribution in [0.5, 0.6) is 0 Å². The molecule has 0 bridgehead atoms. The summed E-state index contributed by atoms with van der Waals surface area (Å²) in [6.45, 7) is 4.49. The highest BCUT2D eigenvalue weighted by Gasteiger charge is 1.98. The lowest BCUT2D eigenvalue weighted by atomic mass is 10.1. The second-order valence-electron chi connectivity index (χ2n) is 4.11. The van der Waals surface area contributed by atoms with E-state index in [2.05, 4.69) is 12.2 Å². The first kappa shape index (κ1) is 16.2. The molecule has 0 aliphatic carbocycles. The zero-order chi connectivity index (χ0) is 12.8. The molecule has 0 aliphatic rings. The standard InChI is InChI=1S/C13H26N2O2/c1-2-3-4-5-6-7-10-17-13(12-16)11-15-9-8-14/h15H,2-11,14H2,1H3. The van der Waals surface area contributed by atoms with E-state index in [1.807, 2.05) is 5.94 Å². The van der Waals surface area contributed by atoms with E-state index >= 15 is 0 Å². The van der Waals surface area contributed by atoms with Crippen LogP contribution in [0.2, 0.25) is 0 Å². The summed E-state index contributed by atoms with van der Waals surface area (Å²) >= 11 is 0. The highest BCUT2D eigenvalue weighted by Crippen LogP contribution is 2.05. The Morgan fingerprint density at radius 2 is 1.94 bits per heavy atom. The molecule has 0 radical (unpaired) electrons. The number of nitrogens with one attached hydrogen (secondary N) is 1. The van der Waals surface area contributed by atoms with Gasteiger partial charge >= 0.3 is 0 Å². The first-order valence-corrected chi connectivity index (χ1v) is 6.62. The molecule has 0 fully saturated rings. The van der Waals surface area contributed by atoms with Crippen molar-refractivity contribution >= 4 is 5.94 Å². The van der Waals surface area contributed by atoms with Crippen molar-refractivity contribution < 1.29 is 9.53 Å². The number of unbranched alkanes of at least 4 members (excludes halogenated alkanes) is 5. The maximum Gasteiger partial charge on any atom is 0.193 e. The lowest BCUT2D eigenvalue weighted by Gasteiger charge is -2.07. The van der Waals surface area contributed by atoms with E-state index < -0.39 is 0 Å². The van der Waals surface area contributed by atoms with Crippen LogP contribution in [0.3, 0.4) is 0 Å². The van der Waals surface area contributed by atoms with Gasteiger partial charge in [-0.3, -0.25) is 0 Å². The van der Waals surface area contributed by atoms with E-state index in [0.29, 0.717) is 32.0 Å². The molecular formula is C13H26N2O2. The summed E-state index contributed by atoms with van der Waals surface area (Å²) in [6, 6.07) is 0. The minimum Gasteiger partial charge on any atom is -0.485 e. The molecule has 0 spiro atoms. The van der Waals surface area contributed by atoms with Crippen LogP contribution in [-0.4, -0.2) is 32.2 Å². The number of hydrogen-bond donors (Lipinski definition) is 2. The average molecular weight is 242 g/mol. The third-order valence-corrected chi connectivity index (χ3v) is 2.49. The molecule has 0 rings (SSSR count). The summed E-state index contributed by atoms with van der Waals surface area (Å²) in [4.78, 5) is 10.5. The fourth-order valence-corrected chi connectivity index (χ4v) is 1.50. The van der Waals surface area contributed by atoms with Crippen molar-refractivity contribution in [2.75, 3.05) is 26.2 Å². The van der Waals surface area contributed by atoms with Gasteiger partial charge in [-0.25, -0.2) is 4.79 Å². The predicted molar refractivity (Wildman–Crippen MR) is 70.5 cm³/mol. The molecule has 100 valence electrons. The molecule has 0 heterocycles. The zero-order valence-electron chi connectivity index (χ0n) is 11.0. The Morgan fingerprint density at radius 3 is 2.59 bits per heavy atom. The first-order chi connectivity index (χ1) is 8.35. The van der Waals surface area contributed by atoms with Crippen molar-refractivity contribution in [1.82, 2.24) is 5.32 Å². The Morgan fingerprint density at radius 1 is 1.24 bits per heavy atom. The summed E-state index contributed by atoms with van der Waals surface area (Å²) in [5.41, 5.74) is 5.32. The van der Waals surface area contributed by atoms with Crippen LogP contribution in [-0.2, 0) is 9.53 Å². The molecule has 0 saturated carbocycles. The predicted octanol–water partition coefficient (Wildman–Crippen LogP) is 1.63. The van der Waals surface area contributed by atoms with Gasteiger partial charge in [0.25, 0.3) is 0 Å². The molecule has 4 nitrogen and oxygen atoms in total. The Labute approximate surface area is 105 Å². The minimum atomic E-state index is 0.354. The molecule has 0 unspecified atom stereocenters. The third kappa shape index (κ3) is 11.4. The number of nitrogens with two attached hydrogens (primary N) is 1. The van der Waals surface area contributed by atoms with Gasteiger partial charge in [0.2, 0.25) is 0 Å². The van der Waals surface area contributed by atoms with E-state index in [0.717, 1.165) is 6.42 Å². The highest BCUT2D eigenvalue weighted by atomic mass is 16.5. The largest absolute Gasteiger partial charge is 0.485 e. The molecule has 0 atom stereocenters. The van der Waals surface area contributed by atoms with Crippen molar-refractivity contribution in [3.05, 3.63) is 5.76 Å². The Kier molecular flexibility index (Phi) is 12.6. The Balaban J connectivity index is 3.35. The minimum absolute atomic E-state index is 0.354. The van der Waals surface area contributed by atoms with Gasteiger partial charge in [0.05, 0.1) is 13.2 Å². The van der Waals surface area contributed by atoms with Crippen molar-refractivity contribution in [3.8, 4) is 0 Å². The van der Waals surface area contributed by atoms with Crippen molar-refractivity contribution in [1.29, 1.82) is 0 Å². The summed E-state index contributed by atoms with van der Waals surface area (Å²) in [5, 5.41) is 3.01. The van der Waals surface area contributed by atoms with Crippen LogP contribution in [0.15, 0.2) is 5.76 Å². The molecular weight excluding hydrogens is 216 g/mol. The summed E-state index contributed by atoms with van der Waals surface area (Å²) in [5.74, 6) is 2.17. The van der Waals surface area contributed by atoms with Gasteiger partial charge in [0.1, 0.15) is 0 Å². The number of ether oxygens (including phenoxy) is 1. The fraction of sp³-hybridized carbons (Fsp3) is 0.846. The van der Waals surface area contributed by atoms with Gasteiger partial charge in [-0.15, -0.1) is 0 Å². The van der Waals surface area contributed by atoms with E-state index in [1.165, 1.54) is 32.1 Å². The van der Waals surface area contributed by atoms with Crippen molar-refractivity contribution in [2.45, 2.75) is 45.4 Å². The van der Waals surface area contributed by atoms with Gasteiger partial charge in [-0.05, 0) is 6.42 Å². The van der Waals surface area contributed by atoms with E-state index in [1.54, 1.807) is 0 Å². The van der Waals surface area contributed by atoms with Crippen LogP contribution in [0.4, 0.5) is 0 Å². The summed E-state index contributed by atoms with van der Waals surface area (Å²) in [6.07, 6.45) is 7.30. The molecule has 0 aromatic carbocycles. The first-order valence-electron chi connectivity index (χ1n) is 6.62. The second-order valence-corrected chi connectivity index (χ2v) is 4.11. The molecule has 0 amide bonds. The van der Waals surface area contributed by atoms with Crippen LogP contribution < -0.4 is 11.1 Å². The molecule has 0 aliphatic heterocycles. The van der Waals surface area contributed by atoms with Crippen molar-refractivity contribution in [3.63, 3.8) is 0 Å². The molecule has 3 N–H and O–H groups in total. The number of hydrogen-bond acceptors (Lipinski definition) is 4. The van der Waals surface area contributed by atoms with Gasteiger partial charge < -0.3 is 15.8 Å². The molecule has 4 heteroatoms. The molecule has 0 aromatic heterocycles. The van der Waals surface area contributed by atoms with Crippen LogP contribution in [0.1, 0.15) is 45.4 Å². The topological polar surface area (TPSA) is 64.3 Å². The van der Waals surface area contributed by atoms with E-state index in [4.69, 9.17) is 10.5 Å². The summed E-state index contributed by atoms with van der Waals surface area (Å²) < 4.78 is 5.33. The van der Waals surface area contributed by atoms with Gasteiger partial charge in [-0.1, -0.05) is 39.0 Å². The Bertz CT molecular complexity index is 213. The third-order valence-electron chi connectivity index (χ3n) is 2.49. The van der Waals surface area contributed by atoms with Crippen LogP contribution in [0.25, 0.3) is 0 Å². The van der Waals surface area contributed by atoms with Crippen LogP contribution in [0, 0.1) is 0 Å². The quantitative estimate of drug-likeness (QED) is 0.310. The monoisotopic (exact) mass is 242 g/mol. The van der Waals surface area contributed by atoms with Crippen LogP contribution >= 0.6 is 0 Å². The number of carbonyl (C=O) groups excluding carboxylic acids is 1. The SMILES string of the molecule is CCCCCCCCOC(=C=O)CNCCN. The average Bonchev–Trinajstić information content (AvgIpc) is 2.35. The lowest BCUT2D eigenvalue weighted by Crippen LogP contribution is -2.25. The Hall–Kier alpha value is -0.830. The van der Waals surface area contributed by atoms with E-state index in [-0.39, 0.29) is 0 Å². The van der Waals surface area contributed by atoms with Crippen molar-refractivity contribution in [2.24, 2.45) is 5.73 Å². The molecule has 0 saturated heterocycles. The highest BCUT2D eigenvalue weighted by molar-refractivity contribution is 5.49. The summed E-state index contributed by atoms with van der Waals surface area (Å²) in [7, 11) is 0. The lowest BCUT2D eigenvalue weighted by molar-refractivity contribution is 0.201. The van der Waals surface area contributed by atoms with Gasteiger partial charge in [0.15, 0.2) is 11.7 Å². The van der Waals surface area contributed by atoms with Gasteiger partial charge in [-0.2, -0.15) is 0 Å². The second kappa shape index (κ2) is 13.2. The maximum atomic E-state index is 10.5. The fourth-order valence-electron chi connectivity index (χ4n) is 1.50. The smallest absolute Gasteiger partial charge is 0.193 e. The normalized spacial score (nSPS) is 10.0. The maximum absolute atomic E-state index is 10.5. The zero-order valence-corrected chi connectivity index (χ0v) is 11.0. The van der Waals surface area contributed by atoms with Gasteiger partial charge in [0, 0.05) is 13.1 Å². The molecule has 0 aromatic rings. The molecule has 17 heavy (non-hydrogen) atoms. The van der Waals surface area contributed by atoms with E-state index in [9.17, 15) is 4.79 Å². The number of rotatable bonds is 12.